The fourth-order valence-electron chi connectivity index (χ4n) is 2.25. The van der Waals surface area contributed by atoms with Crippen LogP contribution in [0.5, 0.6) is 0 Å². The van der Waals surface area contributed by atoms with Gasteiger partial charge in [-0.05, 0) is 26.7 Å². The van der Waals surface area contributed by atoms with Crippen molar-refractivity contribution < 1.29 is 14.2 Å². The molecule has 0 aliphatic carbocycles. The maximum absolute atomic E-state index is 5.94. The van der Waals surface area contributed by atoms with Crippen LogP contribution in [0, 0.1) is 0 Å². The van der Waals surface area contributed by atoms with Crippen LogP contribution < -0.4 is 5.32 Å². The highest BCUT2D eigenvalue weighted by Gasteiger charge is 2.29. The van der Waals surface area contributed by atoms with Crippen molar-refractivity contribution in [2.75, 3.05) is 32.9 Å². The first-order valence-electron chi connectivity index (χ1n) is 6.24. The minimum Gasteiger partial charge on any atom is -0.379 e. The first kappa shape index (κ1) is 12.3. The number of nitrogens with one attached hydrogen (secondary N) is 1. The van der Waals surface area contributed by atoms with Gasteiger partial charge in [-0.3, -0.25) is 0 Å². The fraction of sp³-hybridized carbons (Fsp3) is 1.00. The van der Waals surface area contributed by atoms with E-state index >= 15 is 0 Å². The largest absolute Gasteiger partial charge is 0.379 e. The van der Waals surface area contributed by atoms with E-state index in [0.717, 1.165) is 39.1 Å². The van der Waals surface area contributed by atoms with E-state index in [9.17, 15) is 0 Å². The van der Waals surface area contributed by atoms with Gasteiger partial charge in [-0.1, -0.05) is 0 Å². The third-order valence-electron chi connectivity index (χ3n) is 3.04. The standard InChI is InChI=1S/C12H23NO3/c1-12(2)9-13-6-11(16-12)8-15-10-4-3-5-14-7-10/h10-11,13H,3-9H2,1-2H3. The highest BCUT2D eigenvalue weighted by Crippen LogP contribution is 2.17. The molecule has 0 aromatic rings. The van der Waals surface area contributed by atoms with Gasteiger partial charge in [-0.2, -0.15) is 0 Å². The molecule has 0 aromatic heterocycles. The number of rotatable bonds is 3. The van der Waals surface area contributed by atoms with E-state index in [-0.39, 0.29) is 17.8 Å². The third kappa shape index (κ3) is 3.70. The minimum atomic E-state index is -0.0741. The van der Waals surface area contributed by atoms with Crippen molar-refractivity contribution in [1.29, 1.82) is 0 Å². The number of morpholine rings is 1. The molecule has 2 unspecified atom stereocenters. The zero-order chi connectivity index (χ0) is 11.4. The van der Waals surface area contributed by atoms with Gasteiger partial charge in [0.2, 0.25) is 0 Å². The Labute approximate surface area is 97.6 Å². The van der Waals surface area contributed by atoms with Gasteiger partial charge in [0.15, 0.2) is 0 Å². The average Bonchev–Trinajstić information content (AvgIpc) is 2.27. The normalized spacial score (nSPS) is 34.9. The van der Waals surface area contributed by atoms with Crippen LogP contribution >= 0.6 is 0 Å². The Morgan fingerprint density at radius 2 is 2.31 bits per heavy atom. The van der Waals surface area contributed by atoms with Gasteiger partial charge < -0.3 is 19.5 Å². The summed E-state index contributed by atoms with van der Waals surface area (Å²) in [6.45, 7) is 8.31. The smallest absolute Gasteiger partial charge is 0.0940 e. The number of hydrogen-bond donors (Lipinski definition) is 1. The Bertz CT molecular complexity index is 214. The summed E-state index contributed by atoms with van der Waals surface area (Å²) >= 11 is 0. The molecule has 16 heavy (non-hydrogen) atoms. The van der Waals surface area contributed by atoms with Crippen LogP contribution in [0.1, 0.15) is 26.7 Å². The average molecular weight is 229 g/mol. The Morgan fingerprint density at radius 1 is 1.44 bits per heavy atom. The first-order valence-corrected chi connectivity index (χ1v) is 6.24. The molecule has 0 aromatic carbocycles. The SMILES string of the molecule is CC1(C)CNCC(COC2CCCOC2)O1. The predicted octanol–water partition coefficient (Wildman–Crippen LogP) is 0.949. The molecule has 2 fully saturated rings. The summed E-state index contributed by atoms with van der Waals surface area (Å²) < 4.78 is 17.1. The summed E-state index contributed by atoms with van der Waals surface area (Å²) in [6.07, 6.45) is 2.66. The summed E-state index contributed by atoms with van der Waals surface area (Å²) in [6, 6.07) is 0. The molecule has 0 bridgehead atoms. The Morgan fingerprint density at radius 3 is 3.00 bits per heavy atom. The van der Waals surface area contributed by atoms with Crippen LogP contribution in [0.4, 0.5) is 0 Å². The molecule has 2 rings (SSSR count). The van der Waals surface area contributed by atoms with Crippen molar-refractivity contribution in [2.45, 2.75) is 44.5 Å². The lowest BCUT2D eigenvalue weighted by Gasteiger charge is -2.37. The molecule has 2 heterocycles. The monoisotopic (exact) mass is 229 g/mol. The van der Waals surface area contributed by atoms with Crippen molar-refractivity contribution in [3.63, 3.8) is 0 Å². The van der Waals surface area contributed by atoms with Crippen LogP contribution in [-0.2, 0) is 14.2 Å². The highest BCUT2D eigenvalue weighted by molar-refractivity contribution is 4.81. The second-order valence-electron chi connectivity index (χ2n) is 5.30. The van der Waals surface area contributed by atoms with Gasteiger partial charge in [-0.25, -0.2) is 0 Å². The van der Waals surface area contributed by atoms with Gasteiger partial charge >= 0.3 is 0 Å². The molecule has 94 valence electrons. The lowest BCUT2D eigenvalue weighted by atomic mass is 10.1. The summed E-state index contributed by atoms with van der Waals surface area (Å²) in [5.74, 6) is 0. The molecule has 2 atom stereocenters. The van der Waals surface area contributed by atoms with Crippen molar-refractivity contribution in [2.24, 2.45) is 0 Å². The van der Waals surface area contributed by atoms with E-state index in [0.29, 0.717) is 6.61 Å². The second-order valence-corrected chi connectivity index (χ2v) is 5.30. The molecular formula is C12H23NO3. The van der Waals surface area contributed by atoms with Gasteiger partial charge in [0.25, 0.3) is 0 Å². The van der Waals surface area contributed by atoms with Gasteiger partial charge in [0, 0.05) is 19.7 Å². The zero-order valence-electron chi connectivity index (χ0n) is 10.3. The molecule has 4 nitrogen and oxygen atoms in total. The molecule has 0 spiro atoms. The summed E-state index contributed by atoms with van der Waals surface area (Å²) in [5, 5.41) is 3.38. The highest BCUT2D eigenvalue weighted by atomic mass is 16.6. The first-order chi connectivity index (χ1) is 7.66. The summed E-state index contributed by atoms with van der Waals surface area (Å²) in [5.41, 5.74) is -0.0741. The van der Waals surface area contributed by atoms with E-state index in [2.05, 4.69) is 19.2 Å². The predicted molar refractivity (Wildman–Crippen MR) is 61.6 cm³/mol. The van der Waals surface area contributed by atoms with E-state index in [1.807, 2.05) is 0 Å². The van der Waals surface area contributed by atoms with E-state index in [4.69, 9.17) is 14.2 Å². The summed E-state index contributed by atoms with van der Waals surface area (Å²) in [4.78, 5) is 0. The lowest BCUT2D eigenvalue weighted by molar-refractivity contribution is -0.141. The maximum atomic E-state index is 5.94. The number of ether oxygens (including phenoxy) is 3. The van der Waals surface area contributed by atoms with Crippen molar-refractivity contribution in [1.82, 2.24) is 5.32 Å². The molecule has 4 heteroatoms. The molecule has 0 amide bonds. The second kappa shape index (κ2) is 5.45. The Balaban J connectivity index is 1.68. The zero-order valence-corrected chi connectivity index (χ0v) is 10.3. The van der Waals surface area contributed by atoms with Crippen molar-refractivity contribution in [3.05, 3.63) is 0 Å². The topological polar surface area (TPSA) is 39.7 Å². The van der Waals surface area contributed by atoms with Gasteiger partial charge in [-0.15, -0.1) is 0 Å². The molecular weight excluding hydrogens is 206 g/mol. The van der Waals surface area contributed by atoms with E-state index in [1.165, 1.54) is 0 Å². The summed E-state index contributed by atoms with van der Waals surface area (Å²) in [7, 11) is 0. The molecule has 2 aliphatic rings. The number of hydrogen-bond acceptors (Lipinski definition) is 4. The minimum absolute atomic E-state index is 0.0741. The van der Waals surface area contributed by atoms with Crippen LogP contribution in [-0.4, -0.2) is 50.7 Å². The van der Waals surface area contributed by atoms with E-state index in [1.54, 1.807) is 0 Å². The fourth-order valence-corrected chi connectivity index (χ4v) is 2.25. The molecule has 0 saturated carbocycles. The van der Waals surface area contributed by atoms with E-state index < -0.39 is 0 Å². The van der Waals surface area contributed by atoms with Gasteiger partial charge in [0.05, 0.1) is 31.0 Å². The third-order valence-corrected chi connectivity index (χ3v) is 3.04. The Kier molecular flexibility index (Phi) is 4.19. The van der Waals surface area contributed by atoms with Crippen LogP contribution in [0.3, 0.4) is 0 Å². The Hall–Kier alpha value is -0.160. The van der Waals surface area contributed by atoms with Crippen LogP contribution in [0.2, 0.25) is 0 Å². The molecule has 0 radical (unpaired) electrons. The van der Waals surface area contributed by atoms with Gasteiger partial charge in [0.1, 0.15) is 0 Å². The molecule has 1 N–H and O–H groups in total. The molecule has 2 saturated heterocycles. The van der Waals surface area contributed by atoms with Crippen LogP contribution in [0.15, 0.2) is 0 Å². The maximum Gasteiger partial charge on any atom is 0.0940 e. The lowest BCUT2D eigenvalue weighted by Crippen LogP contribution is -2.52. The van der Waals surface area contributed by atoms with Crippen molar-refractivity contribution in [3.8, 4) is 0 Å². The molecule has 2 aliphatic heterocycles. The van der Waals surface area contributed by atoms with Crippen LogP contribution in [0.25, 0.3) is 0 Å². The quantitative estimate of drug-likeness (QED) is 0.782. The van der Waals surface area contributed by atoms with Crippen molar-refractivity contribution >= 4 is 0 Å².